The van der Waals surface area contributed by atoms with Gasteiger partial charge < -0.3 is 24.1 Å². The van der Waals surface area contributed by atoms with Crippen LogP contribution in [0.3, 0.4) is 0 Å². The van der Waals surface area contributed by atoms with E-state index >= 15 is 0 Å². The molecule has 7 nitrogen and oxygen atoms in total. The Morgan fingerprint density at radius 2 is 2.10 bits per heavy atom. The zero-order chi connectivity index (χ0) is 15.2. The van der Waals surface area contributed by atoms with E-state index in [1.165, 1.54) is 7.11 Å². The Kier molecular flexibility index (Phi) is 6.38. The van der Waals surface area contributed by atoms with E-state index in [9.17, 15) is 9.59 Å². The van der Waals surface area contributed by atoms with Crippen molar-refractivity contribution in [3.63, 3.8) is 0 Å². The van der Waals surface area contributed by atoms with Crippen molar-refractivity contribution < 1.29 is 33.6 Å². The zero-order valence-electron chi connectivity index (χ0n) is 12.1. The summed E-state index contributed by atoms with van der Waals surface area (Å²) >= 11 is 0. The Labute approximate surface area is 118 Å². The third kappa shape index (κ3) is 6.31. The molecule has 2 unspecified atom stereocenters. The van der Waals surface area contributed by atoms with E-state index in [1.807, 2.05) is 13.8 Å². The molecule has 1 aliphatic heterocycles. The number of ether oxygens (including phenoxy) is 4. The van der Waals surface area contributed by atoms with Crippen LogP contribution in [-0.4, -0.2) is 55.4 Å². The highest BCUT2D eigenvalue weighted by Gasteiger charge is 2.34. The molecule has 0 aromatic rings. The Morgan fingerprint density at radius 1 is 1.40 bits per heavy atom. The van der Waals surface area contributed by atoms with E-state index < -0.39 is 18.2 Å². The normalized spacial score (nSPS) is 22.4. The van der Waals surface area contributed by atoms with E-state index in [2.05, 4.69) is 0 Å². The van der Waals surface area contributed by atoms with Crippen LogP contribution in [0.15, 0.2) is 0 Å². The lowest BCUT2D eigenvalue weighted by Gasteiger charge is -2.20. The quantitative estimate of drug-likeness (QED) is 0.525. The lowest BCUT2D eigenvalue weighted by Crippen LogP contribution is -2.30. The van der Waals surface area contributed by atoms with Gasteiger partial charge in [-0.2, -0.15) is 0 Å². The van der Waals surface area contributed by atoms with Crippen molar-refractivity contribution >= 4 is 11.9 Å². The molecule has 0 aliphatic carbocycles. The summed E-state index contributed by atoms with van der Waals surface area (Å²) in [6, 6.07) is 0. The highest BCUT2D eigenvalue weighted by Crippen LogP contribution is 2.27. The second-order valence-corrected chi connectivity index (χ2v) is 5.27. The number of carboxylic acids is 1. The van der Waals surface area contributed by atoms with E-state index in [4.69, 9.17) is 24.1 Å². The van der Waals surface area contributed by atoms with Gasteiger partial charge in [-0.1, -0.05) is 0 Å². The van der Waals surface area contributed by atoms with Gasteiger partial charge in [0.05, 0.1) is 31.2 Å². The minimum Gasteiger partial charge on any atom is -0.481 e. The molecule has 1 rings (SSSR count). The second kappa shape index (κ2) is 7.56. The molecule has 0 amide bonds. The van der Waals surface area contributed by atoms with Gasteiger partial charge in [0, 0.05) is 13.5 Å². The van der Waals surface area contributed by atoms with Crippen LogP contribution in [0, 0.1) is 0 Å². The SMILES string of the molecule is COC(COC(=O)CCC(=O)O)OC1COC(C)(C)C1. The molecule has 0 aromatic heterocycles. The predicted octanol–water partition coefficient (Wildman–Crippen LogP) is 0.951. The number of hydrogen-bond acceptors (Lipinski definition) is 6. The van der Waals surface area contributed by atoms with E-state index in [1.54, 1.807) is 0 Å². The van der Waals surface area contributed by atoms with Crippen LogP contribution in [-0.2, 0) is 28.5 Å². The molecule has 116 valence electrons. The first-order chi connectivity index (χ1) is 9.32. The molecule has 1 saturated heterocycles. The number of carbonyl (C=O) groups excluding carboxylic acids is 1. The molecule has 0 spiro atoms. The molecule has 0 bridgehead atoms. The smallest absolute Gasteiger partial charge is 0.306 e. The molecular formula is C13H22O7. The summed E-state index contributed by atoms with van der Waals surface area (Å²) in [6.07, 6.45) is -0.452. The Bertz CT molecular complexity index is 340. The molecule has 2 atom stereocenters. The average Bonchev–Trinajstić information content (AvgIpc) is 2.71. The van der Waals surface area contributed by atoms with Gasteiger partial charge in [-0.05, 0) is 13.8 Å². The van der Waals surface area contributed by atoms with Gasteiger partial charge in [0.15, 0.2) is 6.29 Å². The minimum absolute atomic E-state index is 0.0636. The molecule has 1 N–H and O–H groups in total. The molecule has 0 radical (unpaired) electrons. The fourth-order valence-electron chi connectivity index (χ4n) is 1.89. The maximum Gasteiger partial charge on any atom is 0.306 e. The molecule has 1 fully saturated rings. The number of carbonyl (C=O) groups is 2. The Morgan fingerprint density at radius 3 is 2.60 bits per heavy atom. The maximum atomic E-state index is 11.3. The summed E-state index contributed by atoms with van der Waals surface area (Å²) in [6.45, 7) is 4.36. The first kappa shape index (κ1) is 16.9. The van der Waals surface area contributed by atoms with Crippen molar-refractivity contribution in [3.8, 4) is 0 Å². The molecule has 0 aromatic carbocycles. The number of aliphatic carboxylic acids is 1. The highest BCUT2D eigenvalue weighted by molar-refractivity contribution is 5.76. The van der Waals surface area contributed by atoms with Crippen molar-refractivity contribution in [1.29, 1.82) is 0 Å². The van der Waals surface area contributed by atoms with Crippen LogP contribution in [0.5, 0.6) is 0 Å². The summed E-state index contributed by atoms with van der Waals surface area (Å²) in [5.74, 6) is -1.62. The largest absolute Gasteiger partial charge is 0.481 e. The summed E-state index contributed by atoms with van der Waals surface area (Å²) in [7, 11) is 1.46. The molecule has 0 saturated carbocycles. The zero-order valence-corrected chi connectivity index (χ0v) is 12.1. The Hall–Kier alpha value is -1.18. The number of carboxylic acid groups (broad SMARTS) is 1. The van der Waals surface area contributed by atoms with E-state index in [0.29, 0.717) is 6.61 Å². The summed E-state index contributed by atoms with van der Waals surface area (Å²) in [4.78, 5) is 21.6. The van der Waals surface area contributed by atoms with Crippen LogP contribution in [0.1, 0.15) is 33.1 Å². The first-order valence-electron chi connectivity index (χ1n) is 6.52. The lowest BCUT2D eigenvalue weighted by atomic mass is 10.1. The van der Waals surface area contributed by atoms with Gasteiger partial charge >= 0.3 is 11.9 Å². The maximum absolute atomic E-state index is 11.3. The van der Waals surface area contributed by atoms with Crippen LogP contribution in [0.25, 0.3) is 0 Å². The summed E-state index contributed by atoms with van der Waals surface area (Å²) < 4.78 is 21.2. The van der Waals surface area contributed by atoms with Gasteiger partial charge in [0.1, 0.15) is 6.61 Å². The highest BCUT2D eigenvalue weighted by atomic mass is 16.7. The van der Waals surface area contributed by atoms with Crippen LogP contribution in [0.2, 0.25) is 0 Å². The van der Waals surface area contributed by atoms with Gasteiger partial charge in [0.2, 0.25) is 0 Å². The number of methoxy groups -OCH3 is 1. The fraction of sp³-hybridized carbons (Fsp3) is 0.846. The van der Waals surface area contributed by atoms with Gasteiger partial charge in [-0.15, -0.1) is 0 Å². The standard InChI is InChI=1S/C13H22O7/c1-13(2)6-9(7-19-13)20-12(17-3)8-18-11(16)5-4-10(14)15/h9,12H,4-8H2,1-3H3,(H,14,15). The van der Waals surface area contributed by atoms with Crippen molar-refractivity contribution in [2.75, 3.05) is 20.3 Å². The molecule has 20 heavy (non-hydrogen) atoms. The average molecular weight is 290 g/mol. The third-order valence-electron chi connectivity index (χ3n) is 2.91. The lowest BCUT2D eigenvalue weighted by molar-refractivity contribution is -0.189. The van der Waals surface area contributed by atoms with Crippen LogP contribution in [0.4, 0.5) is 0 Å². The molecule has 7 heteroatoms. The predicted molar refractivity (Wildman–Crippen MR) is 68.1 cm³/mol. The fourth-order valence-corrected chi connectivity index (χ4v) is 1.89. The first-order valence-corrected chi connectivity index (χ1v) is 6.52. The monoisotopic (exact) mass is 290 g/mol. The van der Waals surface area contributed by atoms with Crippen molar-refractivity contribution in [1.82, 2.24) is 0 Å². The van der Waals surface area contributed by atoms with E-state index in [0.717, 1.165) is 6.42 Å². The van der Waals surface area contributed by atoms with Crippen molar-refractivity contribution in [3.05, 3.63) is 0 Å². The number of esters is 1. The molecule has 1 heterocycles. The Balaban J connectivity index is 2.26. The molecular weight excluding hydrogens is 268 g/mol. The third-order valence-corrected chi connectivity index (χ3v) is 2.91. The van der Waals surface area contributed by atoms with Gasteiger partial charge in [-0.3, -0.25) is 9.59 Å². The van der Waals surface area contributed by atoms with Gasteiger partial charge in [-0.25, -0.2) is 0 Å². The number of hydrogen-bond donors (Lipinski definition) is 1. The topological polar surface area (TPSA) is 91.3 Å². The van der Waals surface area contributed by atoms with Crippen LogP contribution >= 0.6 is 0 Å². The number of rotatable bonds is 8. The van der Waals surface area contributed by atoms with Crippen LogP contribution < -0.4 is 0 Å². The minimum atomic E-state index is -1.04. The summed E-state index contributed by atoms with van der Waals surface area (Å²) in [5, 5.41) is 8.45. The van der Waals surface area contributed by atoms with Gasteiger partial charge in [0.25, 0.3) is 0 Å². The molecule has 1 aliphatic rings. The van der Waals surface area contributed by atoms with Crippen molar-refractivity contribution in [2.24, 2.45) is 0 Å². The van der Waals surface area contributed by atoms with E-state index in [-0.39, 0.29) is 31.2 Å². The summed E-state index contributed by atoms with van der Waals surface area (Å²) in [5.41, 5.74) is -0.221. The second-order valence-electron chi connectivity index (χ2n) is 5.27. The van der Waals surface area contributed by atoms with Crippen molar-refractivity contribution in [2.45, 2.75) is 51.1 Å².